The van der Waals surface area contributed by atoms with Crippen LogP contribution >= 0.6 is 0 Å². The number of phenolic OH excluding ortho intramolecular Hbond substituents is 2. The topological polar surface area (TPSA) is 301 Å². The van der Waals surface area contributed by atoms with Gasteiger partial charge in [0.15, 0.2) is 0 Å². The molecule has 0 aliphatic carbocycles. The van der Waals surface area contributed by atoms with Crippen molar-refractivity contribution >= 4 is 32.8 Å². The van der Waals surface area contributed by atoms with E-state index in [0.717, 1.165) is 23.1 Å². The van der Waals surface area contributed by atoms with Crippen molar-refractivity contribution < 1.29 is 49.0 Å². The number of nitrogens with one attached hydrogen (secondary N) is 2. The Hall–Kier alpha value is -4.62. The highest BCUT2D eigenvalue weighted by Crippen LogP contribution is 2.45. The first kappa shape index (κ1) is 36.2. The molecule has 0 aliphatic heterocycles. The first-order valence-corrected chi connectivity index (χ1v) is 16.0. The molecule has 4 rings (SSSR count). The van der Waals surface area contributed by atoms with Gasteiger partial charge in [0.1, 0.15) is 47.6 Å². The molecule has 3 aromatic carbocycles. The molecule has 258 valence electrons. The normalized spacial score (nSPS) is 14.8. The zero-order chi connectivity index (χ0) is 35.9. The van der Waals surface area contributed by atoms with E-state index in [1.807, 2.05) is 0 Å². The van der Waals surface area contributed by atoms with Crippen LogP contribution in [-0.2, 0) is 20.2 Å². The molecule has 13 N–H and O–H groups in total. The number of fused-ring (bicyclic) bond motifs is 1. The van der Waals surface area contributed by atoms with Crippen LogP contribution in [0.25, 0.3) is 33.5 Å². The number of H-pyrrole nitrogens is 1. The van der Waals surface area contributed by atoms with E-state index in [9.17, 15) is 43.9 Å². The van der Waals surface area contributed by atoms with Crippen molar-refractivity contribution in [1.82, 2.24) is 14.9 Å². The molecule has 1 heterocycles. The number of carbonyl (C=O) groups is 1. The van der Waals surface area contributed by atoms with E-state index in [4.69, 9.17) is 21.4 Å². The molecule has 1 amide bonds. The number of likely N-dealkylation sites (N-methyl/N-ethyl adjacent to an activating group) is 1. The number of nitrogen functional groups attached to an aromatic ring is 1. The Morgan fingerprint density at radius 2 is 1.60 bits per heavy atom. The molecule has 0 saturated carbocycles. The fourth-order valence-electron chi connectivity index (χ4n) is 5.23. The van der Waals surface area contributed by atoms with Gasteiger partial charge in [-0.2, -0.15) is 0 Å². The summed E-state index contributed by atoms with van der Waals surface area (Å²) in [6, 6.07) is 10.8. The maximum atomic E-state index is 13.9. The number of nitrogens with zero attached hydrogens (tertiary/aromatic N) is 2. The number of benzene rings is 3. The number of aliphatic hydroxyl groups is 5. The van der Waals surface area contributed by atoms with Crippen molar-refractivity contribution in [3.63, 3.8) is 0 Å². The van der Waals surface area contributed by atoms with Gasteiger partial charge in [0, 0.05) is 30.3 Å². The molecule has 0 fully saturated rings. The van der Waals surface area contributed by atoms with Crippen molar-refractivity contribution in [2.45, 2.75) is 48.6 Å². The second-order valence-corrected chi connectivity index (χ2v) is 13.5. The smallest absolute Gasteiger partial charge is 0.238 e. The standard InChI is InChI=1S/C31H38N6O10S/c1-31(2,30(45)37(3)12-23(40)26(43)27(44)24(41)13-38)15-9-18(17-11-16(48(34,46)47)5-7-22(17)39)25(42)19(10-15)29-35-20-6-4-14(28(32)33)8-21(20)36-29/h4-11,23-24,26-27,38-44H,12-13H2,1-3H3,(H3,32,33)(H,35,36)(H2,34,46,47). The fourth-order valence-corrected chi connectivity index (χ4v) is 5.77. The van der Waals surface area contributed by atoms with Crippen LogP contribution in [0, 0.1) is 5.41 Å². The molecule has 0 bridgehead atoms. The van der Waals surface area contributed by atoms with Crippen LogP contribution in [0.2, 0.25) is 0 Å². The average Bonchev–Trinajstić information content (AvgIpc) is 3.46. The van der Waals surface area contributed by atoms with Crippen molar-refractivity contribution in [3.8, 4) is 34.0 Å². The van der Waals surface area contributed by atoms with Crippen LogP contribution in [0.3, 0.4) is 0 Å². The van der Waals surface area contributed by atoms with Gasteiger partial charge < -0.3 is 51.4 Å². The minimum atomic E-state index is -4.24. The van der Waals surface area contributed by atoms with Gasteiger partial charge in [-0.3, -0.25) is 10.2 Å². The van der Waals surface area contributed by atoms with Gasteiger partial charge in [0.05, 0.1) is 33.5 Å². The van der Waals surface area contributed by atoms with Gasteiger partial charge in [0.2, 0.25) is 15.9 Å². The number of nitrogens with two attached hydrogens (primary N) is 2. The largest absolute Gasteiger partial charge is 0.507 e. The van der Waals surface area contributed by atoms with Crippen LogP contribution in [0.5, 0.6) is 11.5 Å². The number of imidazole rings is 1. The minimum absolute atomic E-state index is 0.0450. The molecule has 17 heteroatoms. The third-order valence-electron chi connectivity index (χ3n) is 8.13. The lowest BCUT2D eigenvalue weighted by Crippen LogP contribution is -2.51. The van der Waals surface area contributed by atoms with Crippen molar-refractivity contribution in [3.05, 3.63) is 59.7 Å². The zero-order valence-electron chi connectivity index (χ0n) is 26.2. The summed E-state index contributed by atoms with van der Waals surface area (Å²) in [5.41, 5.74) is 5.51. The van der Waals surface area contributed by atoms with Crippen LogP contribution in [-0.4, -0.2) is 115 Å². The van der Waals surface area contributed by atoms with E-state index < -0.39 is 70.4 Å². The van der Waals surface area contributed by atoms with E-state index in [0.29, 0.717) is 16.6 Å². The average molecular weight is 687 g/mol. The zero-order valence-corrected chi connectivity index (χ0v) is 27.0. The van der Waals surface area contributed by atoms with E-state index in [1.165, 1.54) is 33.0 Å². The summed E-state index contributed by atoms with van der Waals surface area (Å²) in [7, 11) is -2.92. The summed E-state index contributed by atoms with van der Waals surface area (Å²) in [5, 5.41) is 84.9. The van der Waals surface area contributed by atoms with Gasteiger partial charge >= 0.3 is 0 Å². The number of aromatic hydroxyl groups is 2. The van der Waals surface area contributed by atoms with Crippen LogP contribution < -0.4 is 10.9 Å². The quantitative estimate of drug-likeness (QED) is 0.0658. The number of aromatic amines is 1. The molecule has 16 nitrogen and oxygen atoms in total. The van der Waals surface area contributed by atoms with E-state index in [1.54, 1.807) is 18.2 Å². The van der Waals surface area contributed by atoms with Crippen LogP contribution in [0.4, 0.5) is 0 Å². The van der Waals surface area contributed by atoms with Gasteiger partial charge in [-0.05, 0) is 67.9 Å². The summed E-state index contributed by atoms with van der Waals surface area (Å²) in [4.78, 5) is 22.2. The maximum absolute atomic E-state index is 13.9. The molecule has 0 saturated heterocycles. The minimum Gasteiger partial charge on any atom is -0.507 e. The van der Waals surface area contributed by atoms with E-state index >= 15 is 0 Å². The number of aromatic nitrogens is 2. The molecular weight excluding hydrogens is 648 g/mol. The summed E-state index contributed by atoms with van der Waals surface area (Å²) >= 11 is 0. The summed E-state index contributed by atoms with van der Waals surface area (Å²) < 4.78 is 24.3. The molecule has 48 heavy (non-hydrogen) atoms. The molecular formula is C31H38N6O10S. The summed E-state index contributed by atoms with van der Waals surface area (Å²) in [5.74, 6) is -1.56. The summed E-state index contributed by atoms with van der Waals surface area (Å²) in [6.07, 6.45) is -7.29. The number of phenols is 2. The van der Waals surface area contributed by atoms with Crippen molar-refractivity contribution in [2.24, 2.45) is 10.9 Å². The van der Waals surface area contributed by atoms with Gasteiger partial charge in [-0.1, -0.05) is 0 Å². The molecule has 0 aliphatic rings. The Morgan fingerprint density at radius 1 is 0.979 bits per heavy atom. The Balaban J connectivity index is 1.87. The van der Waals surface area contributed by atoms with Gasteiger partial charge in [-0.15, -0.1) is 0 Å². The molecule has 4 aromatic rings. The number of amides is 1. The molecule has 0 spiro atoms. The molecule has 4 atom stereocenters. The number of aliphatic hydroxyl groups excluding tert-OH is 5. The number of primary sulfonamides is 1. The Labute approximate surface area is 275 Å². The van der Waals surface area contributed by atoms with Crippen LogP contribution in [0.15, 0.2) is 53.4 Å². The number of hydrogen-bond donors (Lipinski definition) is 11. The highest BCUT2D eigenvalue weighted by atomic mass is 32.2. The second-order valence-electron chi connectivity index (χ2n) is 12.0. The highest BCUT2D eigenvalue weighted by Gasteiger charge is 2.37. The number of hydrogen-bond acceptors (Lipinski definition) is 12. The number of amidine groups is 1. The predicted molar refractivity (Wildman–Crippen MR) is 174 cm³/mol. The first-order chi connectivity index (χ1) is 22.3. The Kier molecular flexibility index (Phi) is 10.2. The SMILES string of the molecule is CN(CC(O)C(O)C(O)C(O)CO)C(=O)C(C)(C)c1cc(-c2nc3ccc(C(=N)N)cc3[nH]2)c(O)c(-c2cc(S(N)(=O)=O)ccc2O)c1. The van der Waals surface area contributed by atoms with Gasteiger partial charge in [0.25, 0.3) is 0 Å². The third-order valence-corrected chi connectivity index (χ3v) is 9.05. The first-order valence-electron chi connectivity index (χ1n) is 14.4. The lowest BCUT2D eigenvalue weighted by atomic mass is 9.80. The van der Waals surface area contributed by atoms with E-state index in [2.05, 4.69) is 9.97 Å². The predicted octanol–water partition coefficient (Wildman–Crippen LogP) is -0.589. The summed E-state index contributed by atoms with van der Waals surface area (Å²) in [6.45, 7) is 1.67. The highest BCUT2D eigenvalue weighted by molar-refractivity contribution is 7.89. The fraction of sp³-hybridized carbons (Fsp3) is 0.323. The van der Waals surface area contributed by atoms with E-state index in [-0.39, 0.29) is 38.8 Å². The number of sulfonamides is 1. The third kappa shape index (κ3) is 7.12. The lowest BCUT2D eigenvalue weighted by Gasteiger charge is -2.33. The maximum Gasteiger partial charge on any atom is 0.238 e. The Bertz CT molecular complexity index is 1980. The number of carbonyl (C=O) groups excluding carboxylic acids is 1. The molecule has 4 unspecified atom stereocenters. The Morgan fingerprint density at radius 3 is 2.21 bits per heavy atom. The monoisotopic (exact) mass is 686 g/mol. The molecule has 1 aromatic heterocycles. The molecule has 0 radical (unpaired) electrons. The van der Waals surface area contributed by atoms with Crippen LogP contribution in [0.1, 0.15) is 25.0 Å². The second kappa shape index (κ2) is 13.5. The lowest BCUT2D eigenvalue weighted by molar-refractivity contribution is -0.142. The number of rotatable bonds is 12. The van der Waals surface area contributed by atoms with Crippen molar-refractivity contribution in [2.75, 3.05) is 20.2 Å². The van der Waals surface area contributed by atoms with Gasteiger partial charge in [-0.25, -0.2) is 18.5 Å². The van der Waals surface area contributed by atoms with Crippen molar-refractivity contribution in [1.29, 1.82) is 5.41 Å².